The number of phosphoric acid groups is 3. The number of phenolic OH excluding ortho intramolecular Hbond substituents is 1. The molecule has 14 N–H and O–H groups in total. The maximum absolute atomic E-state index is 13.9. The van der Waals surface area contributed by atoms with Gasteiger partial charge in [-0.3, -0.25) is 19.8 Å². The van der Waals surface area contributed by atoms with Gasteiger partial charge in [-0.15, -0.1) is 0 Å². The second-order valence-electron chi connectivity index (χ2n) is 29.7. The summed E-state index contributed by atoms with van der Waals surface area (Å²) >= 11 is 0. The lowest BCUT2D eigenvalue weighted by molar-refractivity contribution is -0.271. The monoisotopic (exact) mass is 1710 g/mol. The Hall–Kier alpha value is -11.5. The second kappa shape index (κ2) is 35.3. The number of aromatic hydroxyl groups is 2. The van der Waals surface area contributed by atoms with Crippen LogP contribution in [0.2, 0.25) is 0 Å². The number of benzene rings is 7. The minimum atomic E-state index is -5.83. The molecule has 2 unspecified atom stereocenters. The Morgan fingerprint density at radius 1 is 0.661 bits per heavy atom. The number of carboxylic acid groups (broad SMARTS) is 2. The van der Waals surface area contributed by atoms with Gasteiger partial charge in [0.15, 0.2) is 16.8 Å². The highest BCUT2D eigenvalue weighted by Crippen LogP contribution is 2.71. The highest BCUT2D eigenvalue weighted by molar-refractivity contribution is 7.71. The molecule has 626 valence electrons. The van der Waals surface area contributed by atoms with Gasteiger partial charge in [0, 0.05) is 118 Å². The van der Waals surface area contributed by atoms with E-state index in [-0.39, 0.29) is 101 Å². The zero-order chi connectivity index (χ0) is 85.3. The Labute approximate surface area is 690 Å². The number of hydrogen-bond donors (Lipinski definition) is 14. The van der Waals surface area contributed by atoms with E-state index in [4.69, 9.17) is 28.8 Å². The van der Waals surface area contributed by atoms with Crippen molar-refractivity contribution in [2.24, 2.45) is 20.0 Å². The number of carboxylic acids is 2. The number of aliphatic hydroxyl groups is 5. The fraction of sp³-hybridized carbons (Fsp3) is 0.310. The lowest BCUT2D eigenvalue weighted by Gasteiger charge is -2.36. The number of aromatic nitrogens is 2. The van der Waals surface area contributed by atoms with Gasteiger partial charge in [-0.05, 0) is 165 Å². The molecule has 1 aliphatic carbocycles. The molecule has 7 aliphatic rings. The molecule has 37 heteroatoms. The summed E-state index contributed by atoms with van der Waals surface area (Å²) in [6.45, 7) is 2.38. The number of rotatable bonds is 26. The van der Waals surface area contributed by atoms with E-state index in [1.165, 1.54) is 77.1 Å². The van der Waals surface area contributed by atoms with Crippen LogP contribution >= 0.6 is 24.5 Å². The smallest absolute Gasteiger partial charge is 0.487 e. The van der Waals surface area contributed by atoms with Crippen molar-refractivity contribution in [3.8, 4) is 69.0 Å². The number of aliphatic imine (C=N–C) groups is 4. The SMILES string of the molecule is N=c1nc(O)n([C@H]2C[C@H](O)[C@@H](CO[P+]([O-])(O)O[P+]([O-])(O)O[P+]([O-])(O)O)O2)cc1C#CCN=C(O)CCCCCN=C(O)[C@H](Cc1ccc(C#CCN=C(O)c2ccc(-c3c4ccc(=O)cc-4oc4cc(O)ccc34)c(C(=O)O)c2)cc1)N=C(O)c1ccc(-c2c3cc4c5c(c3[o+]c3c6c7c(cc23)CCCN7CCC6)CCCN5CCC4)c(C(=O)O)c1. The fourth-order valence-electron chi connectivity index (χ4n) is 16.3. The number of unbranched alkanes of at least 4 members (excludes halogenated alkanes) is 2. The first kappa shape index (κ1) is 84.5. The Bertz CT molecular complexity index is 6050. The first-order chi connectivity index (χ1) is 57.9. The van der Waals surface area contributed by atoms with Gasteiger partial charge in [0.1, 0.15) is 55.2 Å². The average molecular weight is 1710 g/mol. The normalized spacial score (nSPS) is 18.1. The fourth-order valence-corrected chi connectivity index (χ4v) is 19.4. The maximum atomic E-state index is 13.9. The van der Waals surface area contributed by atoms with Crippen LogP contribution in [0, 0.1) is 29.1 Å². The number of nitrogens with one attached hydrogen (secondary N) is 1. The number of hydrogen-bond acceptors (Lipinski definition) is 26. The van der Waals surface area contributed by atoms with E-state index in [9.17, 15) is 84.8 Å². The predicted molar refractivity (Wildman–Crippen MR) is 443 cm³/mol. The number of carbonyl (C=O) groups is 2. The third-order valence-electron chi connectivity index (χ3n) is 21.6. The molecule has 8 heterocycles. The number of fused-ring (bicyclic) bond motifs is 6. The minimum Gasteiger partial charge on any atom is -0.603 e. The number of phosphoric ester groups is 1. The summed E-state index contributed by atoms with van der Waals surface area (Å²) in [7, 11) is -17.1. The molecule has 6 aromatic carbocycles. The summed E-state index contributed by atoms with van der Waals surface area (Å²) in [5.74, 6) is 6.96. The van der Waals surface area contributed by atoms with Gasteiger partial charge in [-0.2, -0.15) is 29.1 Å². The summed E-state index contributed by atoms with van der Waals surface area (Å²) in [4.78, 5) is 137. The van der Waals surface area contributed by atoms with Crippen molar-refractivity contribution in [3.63, 3.8) is 0 Å². The van der Waals surface area contributed by atoms with E-state index >= 15 is 0 Å². The van der Waals surface area contributed by atoms with Gasteiger partial charge >= 0.3 is 47.6 Å². The molecule has 2 aromatic heterocycles. The van der Waals surface area contributed by atoms with Gasteiger partial charge in [0.25, 0.3) is 6.01 Å². The molecule has 1 fully saturated rings. The van der Waals surface area contributed by atoms with Crippen LogP contribution in [0.1, 0.15) is 135 Å². The number of nitrogens with zero attached hydrogens (tertiary/aromatic N) is 8. The van der Waals surface area contributed by atoms with Crippen molar-refractivity contribution in [3.05, 3.63) is 192 Å². The van der Waals surface area contributed by atoms with Gasteiger partial charge in [0.05, 0.1) is 56.1 Å². The third-order valence-corrected chi connectivity index (χ3v) is 25.4. The number of phenols is 1. The van der Waals surface area contributed by atoms with Gasteiger partial charge in [0.2, 0.25) is 17.7 Å². The lowest BCUT2D eigenvalue weighted by Crippen LogP contribution is -2.35. The second-order valence-corrected chi connectivity index (χ2v) is 34.1. The van der Waals surface area contributed by atoms with Crippen molar-refractivity contribution in [2.75, 3.05) is 62.2 Å². The molecule has 1 saturated heterocycles. The molecule has 0 bridgehead atoms. The Morgan fingerprint density at radius 3 is 1.92 bits per heavy atom. The van der Waals surface area contributed by atoms with Gasteiger partial charge in [-0.1, -0.05) is 54.4 Å². The average Bonchev–Trinajstić information content (AvgIpc) is 0.814. The van der Waals surface area contributed by atoms with Crippen LogP contribution in [0.25, 0.3) is 66.5 Å². The summed E-state index contributed by atoms with van der Waals surface area (Å²) in [5.41, 5.74) is 11.1. The molecular formula is C84H81N9O25P3+. The number of aromatic carboxylic acids is 2. The van der Waals surface area contributed by atoms with E-state index in [2.05, 4.69) is 83.7 Å². The first-order valence-corrected chi connectivity index (χ1v) is 43.3. The molecule has 15 rings (SSSR count). The van der Waals surface area contributed by atoms with Gasteiger partial charge in [-0.25, -0.2) is 29.0 Å². The Morgan fingerprint density at radius 2 is 1.27 bits per heavy atom. The zero-order valence-electron chi connectivity index (χ0n) is 64.5. The van der Waals surface area contributed by atoms with E-state index in [0.717, 1.165) is 127 Å². The summed E-state index contributed by atoms with van der Waals surface area (Å²) in [6.07, 6.45) is 5.19. The van der Waals surface area contributed by atoms with Crippen LogP contribution in [0.15, 0.2) is 149 Å². The third kappa shape index (κ3) is 18.9. The molecule has 0 saturated carbocycles. The van der Waals surface area contributed by atoms with Gasteiger partial charge < -0.3 is 79.6 Å². The molecule has 0 radical (unpaired) electrons. The summed E-state index contributed by atoms with van der Waals surface area (Å²) in [6, 6.07) is 26.8. The zero-order valence-corrected chi connectivity index (χ0v) is 67.2. The number of aryl methyl sites for hydroxylation is 4. The molecule has 8 aromatic rings. The number of aliphatic hydroxyl groups excluding tert-OH is 5. The van der Waals surface area contributed by atoms with Crippen molar-refractivity contribution in [1.29, 1.82) is 5.41 Å². The lowest BCUT2D eigenvalue weighted by atomic mass is 9.83. The molecule has 6 aliphatic heterocycles. The highest BCUT2D eigenvalue weighted by Gasteiger charge is 2.54. The summed E-state index contributed by atoms with van der Waals surface area (Å²) in [5, 5.41) is 110. The van der Waals surface area contributed by atoms with E-state index < -0.39 is 96.7 Å². The standard InChI is InChI=1S/C84H80N9O25P3/c85-78-52(44-93(84(105)90-78)71-43-66(96)69(115-71)45-113-120(109,110)118-121(111,112)117-119(106,107)108)11-5-30-86-70(97)16-2-1-3-29-88-81(100)65(36-47-19-17-46(18-20-47)10-4-31-87-79(98)50-21-25-55(61(39-50)82(101)102)72-57-27-23-53(94)41-67(57)114-68-42-54(95)24-28-58(68)72)89-80(99)51-22-26-56(62(40-51)83(103)104)73-63-37-48-12-6-32-91-34-8-14-59(74(48)91)76(63)116-77-60-15-9-35-92-33-7-13-49(75(60)92)38-64(73)77/h17-28,37-42,44,65-66,69,71,96H,1-3,6-9,12-16,29-36,43,45H2,(H12-,85,86,87,88,89,90,94,95,97,98,99,100,101,102,103,104,105,106,107,108,109,110,111,112)/p+1/t65-,66-,69+,71+/m0/s1. The molecule has 6 atom stereocenters. The quantitative estimate of drug-likeness (QED) is 0.00457. The van der Waals surface area contributed by atoms with E-state index in [1.54, 1.807) is 42.5 Å². The van der Waals surface area contributed by atoms with Crippen molar-refractivity contribution >= 4 is 104 Å². The topological polar surface area (TPSA) is 542 Å². The molecule has 121 heavy (non-hydrogen) atoms. The van der Waals surface area contributed by atoms with E-state index in [1.807, 2.05) is 0 Å². The van der Waals surface area contributed by atoms with Crippen LogP contribution in [-0.2, 0) is 50.0 Å². The van der Waals surface area contributed by atoms with Crippen LogP contribution in [0.4, 0.5) is 11.4 Å². The molecule has 34 nitrogen and oxygen atoms in total. The molecular weight excluding hydrogens is 1630 g/mol. The predicted octanol–water partition coefficient (Wildman–Crippen LogP) is 8.87. The minimum absolute atomic E-state index is 0.0284. The molecule has 0 spiro atoms. The van der Waals surface area contributed by atoms with Crippen molar-refractivity contribution in [2.45, 2.75) is 114 Å². The number of anilines is 2. The Kier molecular flexibility index (Phi) is 24.7. The van der Waals surface area contributed by atoms with Crippen molar-refractivity contribution in [1.82, 2.24) is 9.55 Å². The van der Waals surface area contributed by atoms with Crippen molar-refractivity contribution < 1.29 is 117 Å². The number of ether oxygens (including phenoxy) is 1. The Balaban J connectivity index is 0.652. The van der Waals surface area contributed by atoms with E-state index in [0.29, 0.717) is 52.5 Å². The maximum Gasteiger partial charge on any atom is 0.487 e. The van der Waals surface area contributed by atoms with Crippen LogP contribution in [-0.4, -0.2) is 181 Å². The van der Waals surface area contributed by atoms with Crippen LogP contribution in [0.3, 0.4) is 0 Å². The highest BCUT2D eigenvalue weighted by atomic mass is 31.3. The first-order valence-electron chi connectivity index (χ1n) is 38.8. The largest absolute Gasteiger partial charge is 0.603 e. The van der Waals surface area contributed by atoms with Crippen LogP contribution < -0.4 is 35.4 Å². The molecule has 0 amide bonds. The summed E-state index contributed by atoms with van der Waals surface area (Å²) < 4.78 is 31.7. The van der Waals surface area contributed by atoms with Crippen LogP contribution in [0.5, 0.6) is 11.8 Å².